The number of hydrogen-bond donors (Lipinski definition) is 0. The van der Waals surface area contributed by atoms with E-state index in [2.05, 4.69) is 0 Å². The molecule has 1 rings (SSSR count). The van der Waals surface area contributed by atoms with Crippen LogP contribution in [-0.2, 0) is 4.79 Å². The third kappa shape index (κ3) is 2.16. The van der Waals surface area contributed by atoms with Gasteiger partial charge in [-0.3, -0.25) is 4.79 Å². The maximum Gasteiger partial charge on any atom is 0.426 e. The van der Waals surface area contributed by atoms with Crippen LogP contribution in [0.2, 0.25) is 0 Å². The predicted octanol–water partition coefficient (Wildman–Crippen LogP) is 3.85. The summed E-state index contributed by atoms with van der Waals surface area (Å²) in [6, 6.07) is 0. The topological polar surface area (TPSA) is 17.1 Å². The Morgan fingerprint density at radius 3 is 1.93 bits per heavy atom. The molecule has 0 spiro atoms. The molecule has 0 amide bonds. The molecule has 1 unspecified atom stereocenters. The average Bonchev–Trinajstić information content (AvgIpc) is 2.52. The molecule has 0 radical (unpaired) electrons. The first-order chi connectivity index (χ1) is 6.53. The zero-order chi connectivity index (χ0) is 12.1. The molecule has 86 valence electrons. The van der Waals surface area contributed by atoms with Crippen molar-refractivity contribution in [3.8, 4) is 0 Å². The Balaban J connectivity index is 3.04. The maximum atomic E-state index is 12.2. The van der Waals surface area contributed by atoms with Gasteiger partial charge in [0.15, 0.2) is 0 Å². The van der Waals surface area contributed by atoms with Gasteiger partial charge in [-0.1, -0.05) is 25.4 Å². The molecule has 15 heavy (non-hydrogen) atoms. The Labute approximate surface area is 95.2 Å². The molecule has 0 saturated heterocycles. The molecule has 1 atom stereocenters. The molecule has 1 saturated carbocycles. The van der Waals surface area contributed by atoms with Crippen molar-refractivity contribution in [1.82, 2.24) is 0 Å². The summed E-state index contributed by atoms with van der Waals surface area (Å²) in [4.78, 5) is 11.1. The van der Waals surface area contributed by atoms with E-state index in [1.807, 2.05) is 0 Å². The molecule has 0 aromatic carbocycles. The number of alkyl halides is 3. The van der Waals surface area contributed by atoms with Gasteiger partial charge in [0.05, 0.1) is 5.41 Å². The second-order valence-corrected chi connectivity index (χ2v) is 5.05. The van der Waals surface area contributed by atoms with E-state index >= 15 is 0 Å². The highest BCUT2D eigenvalue weighted by Gasteiger charge is 2.65. The lowest BCUT2D eigenvalue weighted by atomic mass is 9.96. The van der Waals surface area contributed by atoms with Crippen LogP contribution >= 0.6 is 23.2 Å². The van der Waals surface area contributed by atoms with E-state index in [4.69, 9.17) is 23.2 Å². The molecule has 0 aliphatic heterocycles. The second kappa shape index (κ2) is 3.39. The van der Waals surface area contributed by atoms with E-state index in [0.29, 0.717) is 0 Å². The van der Waals surface area contributed by atoms with Crippen molar-refractivity contribution in [2.45, 2.75) is 26.4 Å². The first kappa shape index (κ1) is 12.8. The van der Waals surface area contributed by atoms with Gasteiger partial charge in [-0.25, -0.2) is 0 Å². The van der Waals surface area contributed by atoms with Gasteiger partial charge in [0, 0.05) is 0 Å². The van der Waals surface area contributed by atoms with Gasteiger partial charge in [-0.2, -0.15) is 13.2 Å². The molecule has 1 aliphatic rings. The summed E-state index contributed by atoms with van der Waals surface area (Å²) in [5.41, 5.74) is -1.82. The summed E-state index contributed by atoms with van der Waals surface area (Å²) in [6.45, 7) is 3.34. The number of rotatable bonds is 2. The highest BCUT2D eigenvalue weighted by molar-refractivity contribution is 6.65. The van der Waals surface area contributed by atoms with Crippen molar-refractivity contribution in [3.63, 3.8) is 0 Å². The van der Waals surface area contributed by atoms with E-state index < -0.39 is 27.3 Å². The Kier molecular flexibility index (Phi) is 2.90. The zero-order valence-corrected chi connectivity index (χ0v) is 9.59. The minimum atomic E-state index is -4.63. The normalized spacial score (nSPS) is 30.2. The summed E-state index contributed by atoms with van der Waals surface area (Å²) in [7, 11) is 0. The lowest BCUT2D eigenvalue weighted by molar-refractivity contribution is -0.115. The van der Waals surface area contributed by atoms with Gasteiger partial charge in [0.2, 0.25) is 5.24 Å². The van der Waals surface area contributed by atoms with Gasteiger partial charge >= 0.3 is 6.18 Å². The lowest BCUT2D eigenvalue weighted by Crippen LogP contribution is -2.17. The Hall–Kier alpha value is -0.220. The highest BCUT2D eigenvalue weighted by Crippen LogP contribution is 2.66. The van der Waals surface area contributed by atoms with Gasteiger partial charge < -0.3 is 0 Å². The third-order valence-electron chi connectivity index (χ3n) is 2.80. The Morgan fingerprint density at radius 2 is 1.73 bits per heavy atom. The molecule has 0 N–H and O–H groups in total. The summed E-state index contributed by atoms with van der Waals surface area (Å²) < 4.78 is 36.5. The van der Waals surface area contributed by atoms with Gasteiger partial charge in [-0.15, -0.1) is 0 Å². The lowest BCUT2D eigenvalue weighted by Gasteiger charge is -2.13. The maximum absolute atomic E-state index is 12.2. The molecule has 1 fully saturated rings. The van der Waals surface area contributed by atoms with Crippen LogP contribution in [-0.4, -0.2) is 11.4 Å². The smallest absolute Gasteiger partial charge is 0.280 e. The average molecular weight is 261 g/mol. The minimum absolute atomic E-state index is 0.286. The van der Waals surface area contributed by atoms with Crippen LogP contribution in [0.5, 0.6) is 0 Å². The van der Waals surface area contributed by atoms with Crippen LogP contribution in [0.3, 0.4) is 0 Å². The second-order valence-electron chi connectivity index (χ2n) is 4.30. The Morgan fingerprint density at radius 1 is 1.33 bits per heavy atom. The molecule has 0 heterocycles. The van der Waals surface area contributed by atoms with Crippen molar-refractivity contribution in [3.05, 3.63) is 11.1 Å². The molecule has 0 aromatic rings. The Bertz CT molecular complexity index is 333. The van der Waals surface area contributed by atoms with E-state index in [9.17, 15) is 18.0 Å². The number of allylic oxidation sites excluding steroid dienone is 2. The van der Waals surface area contributed by atoms with Crippen molar-refractivity contribution in [1.29, 1.82) is 0 Å². The van der Waals surface area contributed by atoms with Gasteiger partial charge in [-0.05, 0) is 29.5 Å². The number of carbonyl (C=O) groups is 1. The first-order valence-electron chi connectivity index (χ1n) is 4.18. The van der Waals surface area contributed by atoms with Crippen molar-refractivity contribution >= 4 is 28.4 Å². The standard InChI is InChI=1S/C9H9Cl2F3O/c1-7(2)4-8(7,6(11)15)3-5(10)9(12,13)14/h3H,4H2,1-2H3. The highest BCUT2D eigenvalue weighted by atomic mass is 35.5. The summed E-state index contributed by atoms with van der Waals surface area (Å²) in [5.74, 6) is 0. The van der Waals surface area contributed by atoms with E-state index in [1.165, 1.54) is 0 Å². The molecule has 1 nitrogen and oxygen atoms in total. The van der Waals surface area contributed by atoms with Crippen molar-refractivity contribution in [2.75, 3.05) is 0 Å². The predicted molar refractivity (Wildman–Crippen MR) is 51.7 cm³/mol. The number of halogens is 5. The van der Waals surface area contributed by atoms with Crippen LogP contribution in [0.25, 0.3) is 0 Å². The molecule has 0 aromatic heterocycles. The van der Waals surface area contributed by atoms with E-state index in [-0.39, 0.29) is 6.42 Å². The van der Waals surface area contributed by atoms with Gasteiger partial charge in [0.1, 0.15) is 5.03 Å². The fourth-order valence-corrected chi connectivity index (χ4v) is 2.15. The summed E-state index contributed by atoms with van der Waals surface area (Å²) in [6.07, 6.45) is -3.61. The molecule has 0 bridgehead atoms. The molecule has 1 aliphatic carbocycles. The largest absolute Gasteiger partial charge is 0.426 e. The quantitative estimate of drug-likeness (QED) is 0.690. The molecular weight excluding hydrogens is 252 g/mol. The van der Waals surface area contributed by atoms with Crippen molar-refractivity contribution in [2.24, 2.45) is 10.8 Å². The van der Waals surface area contributed by atoms with E-state index in [1.54, 1.807) is 13.8 Å². The minimum Gasteiger partial charge on any atom is -0.280 e. The fraction of sp³-hybridized carbons (Fsp3) is 0.667. The number of hydrogen-bond acceptors (Lipinski definition) is 1. The van der Waals surface area contributed by atoms with E-state index in [0.717, 1.165) is 6.08 Å². The van der Waals surface area contributed by atoms with Crippen LogP contribution in [0.1, 0.15) is 20.3 Å². The van der Waals surface area contributed by atoms with Crippen LogP contribution in [0, 0.1) is 10.8 Å². The monoisotopic (exact) mass is 260 g/mol. The number of carbonyl (C=O) groups excluding carboxylic acids is 1. The first-order valence-corrected chi connectivity index (χ1v) is 4.94. The summed E-state index contributed by atoms with van der Waals surface area (Å²) >= 11 is 10.4. The van der Waals surface area contributed by atoms with Crippen LogP contribution < -0.4 is 0 Å². The fourth-order valence-electron chi connectivity index (χ4n) is 1.59. The van der Waals surface area contributed by atoms with Crippen LogP contribution in [0.15, 0.2) is 11.1 Å². The SMILES string of the molecule is CC1(C)CC1(C=C(Cl)C(F)(F)F)C(=O)Cl. The molecule has 6 heteroatoms. The van der Waals surface area contributed by atoms with Crippen LogP contribution in [0.4, 0.5) is 13.2 Å². The third-order valence-corrected chi connectivity index (χ3v) is 3.46. The molecular formula is C9H9Cl2F3O. The van der Waals surface area contributed by atoms with Crippen molar-refractivity contribution < 1.29 is 18.0 Å². The zero-order valence-electron chi connectivity index (χ0n) is 8.08. The van der Waals surface area contributed by atoms with Gasteiger partial charge in [0.25, 0.3) is 0 Å². The summed E-state index contributed by atoms with van der Waals surface area (Å²) in [5, 5.41) is -2.09.